The molecule has 0 saturated heterocycles. The molecule has 1 aromatic heterocycles. The molecule has 3 nitrogen and oxygen atoms in total. The van der Waals surface area contributed by atoms with Crippen LogP contribution in [0.3, 0.4) is 0 Å². The monoisotopic (exact) mass is 340 g/mol. The van der Waals surface area contributed by atoms with Gasteiger partial charge in [-0.25, -0.2) is 4.98 Å². The zero-order valence-corrected chi connectivity index (χ0v) is 12.8. The van der Waals surface area contributed by atoms with Crippen LogP contribution in [0.1, 0.15) is 11.1 Å². The predicted octanol–water partition coefficient (Wildman–Crippen LogP) is 3.63. The second-order valence-electron chi connectivity index (χ2n) is 4.24. The highest BCUT2D eigenvalue weighted by atomic mass is 79.9. The molecule has 0 aliphatic rings. The maximum absolute atomic E-state index is 9.40. The third kappa shape index (κ3) is 3.47. The lowest BCUT2D eigenvalue weighted by Gasteiger charge is -2.21. The molecule has 2 aromatic rings. The summed E-state index contributed by atoms with van der Waals surface area (Å²) in [6.45, 7) is 0.593. The van der Waals surface area contributed by atoms with E-state index in [1.165, 1.54) is 0 Å². The van der Waals surface area contributed by atoms with Crippen molar-refractivity contribution in [3.63, 3.8) is 0 Å². The average molecular weight is 342 g/mol. The van der Waals surface area contributed by atoms with Crippen molar-refractivity contribution < 1.29 is 5.11 Å². The number of pyridine rings is 1. The molecule has 0 amide bonds. The maximum Gasteiger partial charge on any atom is 0.134 e. The molecule has 2 rings (SSSR count). The number of hydrogen-bond donors (Lipinski definition) is 1. The molecule has 0 atom stereocenters. The summed E-state index contributed by atoms with van der Waals surface area (Å²) in [5, 5.41) is 10.1. The first kappa shape index (κ1) is 14.3. The zero-order valence-electron chi connectivity index (χ0n) is 10.5. The fourth-order valence-electron chi connectivity index (χ4n) is 1.89. The highest BCUT2D eigenvalue weighted by molar-refractivity contribution is 9.10. The van der Waals surface area contributed by atoms with E-state index >= 15 is 0 Å². The first-order valence-corrected chi connectivity index (χ1v) is 6.98. The molecule has 5 heteroatoms. The van der Waals surface area contributed by atoms with Crippen molar-refractivity contribution in [1.82, 2.24) is 4.98 Å². The Labute approximate surface area is 126 Å². The Kier molecular flexibility index (Phi) is 4.80. The van der Waals surface area contributed by atoms with Gasteiger partial charge in [-0.2, -0.15) is 0 Å². The summed E-state index contributed by atoms with van der Waals surface area (Å²) in [5.41, 5.74) is 1.81. The normalized spacial score (nSPS) is 10.5. The molecule has 0 unspecified atom stereocenters. The highest BCUT2D eigenvalue weighted by Gasteiger charge is 2.11. The van der Waals surface area contributed by atoms with Gasteiger partial charge in [-0.1, -0.05) is 29.8 Å². The molecular formula is C14H14BrClN2O. The summed E-state index contributed by atoms with van der Waals surface area (Å²) in [5.74, 6) is 0.755. The molecule has 0 saturated carbocycles. The van der Waals surface area contributed by atoms with Crippen LogP contribution >= 0.6 is 27.5 Å². The van der Waals surface area contributed by atoms with Gasteiger partial charge in [0.2, 0.25) is 0 Å². The van der Waals surface area contributed by atoms with Crippen LogP contribution in [0.5, 0.6) is 0 Å². The van der Waals surface area contributed by atoms with E-state index in [1.54, 1.807) is 6.20 Å². The Hall–Kier alpha value is -1.10. The van der Waals surface area contributed by atoms with Gasteiger partial charge in [-0.3, -0.25) is 0 Å². The van der Waals surface area contributed by atoms with E-state index in [1.807, 2.05) is 42.3 Å². The van der Waals surface area contributed by atoms with Crippen molar-refractivity contribution in [3.8, 4) is 0 Å². The topological polar surface area (TPSA) is 36.4 Å². The second-order valence-corrected chi connectivity index (χ2v) is 5.56. The van der Waals surface area contributed by atoms with Crippen molar-refractivity contribution in [1.29, 1.82) is 0 Å². The largest absolute Gasteiger partial charge is 0.392 e. The molecule has 1 aromatic carbocycles. The Morgan fingerprint density at radius 1 is 1.32 bits per heavy atom. The summed E-state index contributed by atoms with van der Waals surface area (Å²) in [6.07, 6.45) is 1.72. The number of benzene rings is 1. The second kappa shape index (κ2) is 6.37. The molecule has 19 heavy (non-hydrogen) atoms. The van der Waals surface area contributed by atoms with Gasteiger partial charge in [0.25, 0.3) is 0 Å². The number of aliphatic hydroxyl groups is 1. The van der Waals surface area contributed by atoms with Crippen molar-refractivity contribution in [3.05, 3.63) is 57.2 Å². The van der Waals surface area contributed by atoms with Crippen molar-refractivity contribution in [2.75, 3.05) is 11.9 Å². The molecule has 0 aliphatic heterocycles. The summed E-state index contributed by atoms with van der Waals surface area (Å²) >= 11 is 9.50. The van der Waals surface area contributed by atoms with E-state index in [-0.39, 0.29) is 6.61 Å². The first-order chi connectivity index (χ1) is 9.11. The lowest BCUT2D eigenvalue weighted by molar-refractivity contribution is 0.281. The number of aliphatic hydroxyl groups excluding tert-OH is 1. The van der Waals surface area contributed by atoms with E-state index in [0.717, 1.165) is 26.4 Å². The van der Waals surface area contributed by atoms with E-state index in [2.05, 4.69) is 20.9 Å². The molecule has 1 heterocycles. The molecular weight excluding hydrogens is 328 g/mol. The average Bonchev–Trinajstić information content (AvgIpc) is 2.41. The smallest absolute Gasteiger partial charge is 0.134 e. The number of anilines is 1. The zero-order chi connectivity index (χ0) is 13.8. The number of nitrogens with zero attached hydrogens (tertiary/aromatic N) is 2. The van der Waals surface area contributed by atoms with Crippen LogP contribution in [0.2, 0.25) is 5.02 Å². The Balaban J connectivity index is 2.25. The Morgan fingerprint density at radius 2 is 2.05 bits per heavy atom. The summed E-state index contributed by atoms with van der Waals surface area (Å²) < 4.78 is 0.853. The Morgan fingerprint density at radius 3 is 2.74 bits per heavy atom. The minimum absolute atomic E-state index is 0.0470. The van der Waals surface area contributed by atoms with Gasteiger partial charge in [0, 0.05) is 34.8 Å². The first-order valence-electron chi connectivity index (χ1n) is 5.81. The molecule has 0 radical (unpaired) electrons. The molecule has 100 valence electrons. The highest BCUT2D eigenvalue weighted by Crippen LogP contribution is 2.24. The summed E-state index contributed by atoms with van der Waals surface area (Å²) in [4.78, 5) is 6.32. The standard InChI is InChI=1S/C14H14BrClN2O/c1-18(8-10-4-2-3-5-13(10)16)14-11(9-19)6-12(15)7-17-14/h2-7,19H,8-9H2,1H3. The van der Waals surface area contributed by atoms with E-state index < -0.39 is 0 Å². The van der Waals surface area contributed by atoms with Crippen molar-refractivity contribution in [2.45, 2.75) is 13.2 Å². The van der Waals surface area contributed by atoms with Crippen LogP contribution in [0.15, 0.2) is 41.0 Å². The molecule has 0 spiro atoms. The molecule has 0 fully saturated rings. The fraction of sp³-hybridized carbons (Fsp3) is 0.214. The van der Waals surface area contributed by atoms with Gasteiger partial charge in [-0.05, 0) is 33.6 Å². The molecule has 0 aliphatic carbocycles. The van der Waals surface area contributed by atoms with Crippen LogP contribution in [0.4, 0.5) is 5.82 Å². The van der Waals surface area contributed by atoms with Gasteiger partial charge >= 0.3 is 0 Å². The van der Waals surface area contributed by atoms with Gasteiger partial charge < -0.3 is 10.0 Å². The van der Waals surface area contributed by atoms with Gasteiger partial charge in [-0.15, -0.1) is 0 Å². The van der Waals surface area contributed by atoms with Gasteiger partial charge in [0.05, 0.1) is 6.61 Å². The van der Waals surface area contributed by atoms with E-state index in [0.29, 0.717) is 6.54 Å². The van der Waals surface area contributed by atoms with Gasteiger partial charge in [0.1, 0.15) is 5.82 Å². The third-order valence-electron chi connectivity index (χ3n) is 2.81. The molecule has 1 N–H and O–H groups in total. The Bertz CT molecular complexity index is 577. The summed E-state index contributed by atoms with van der Waals surface area (Å²) in [6, 6.07) is 9.58. The minimum Gasteiger partial charge on any atom is -0.392 e. The minimum atomic E-state index is -0.0470. The van der Waals surface area contributed by atoms with Crippen LogP contribution in [-0.2, 0) is 13.2 Å². The lowest BCUT2D eigenvalue weighted by atomic mass is 10.2. The SMILES string of the molecule is CN(Cc1ccccc1Cl)c1ncc(Br)cc1CO. The quantitative estimate of drug-likeness (QED) is 0.922. The van der Waals surface area contributed by atoms with Crippen molar-refractivity contribution >= 4 is 33.3 Å². The van der Waals surface area contributed by atoms with E-state index in [9.17, 15) is 5.11 Å². The van der Waals surface area contributed by atoms with Crippen LogP contribution < -0.4 is 4.90 Å². The number of aromatic nitrogens is 1. The van der Waals surface area contributed by atoms with Crippen molar-refractivity contribution in [2.24, 2.45) is 0 Å². The number of rotatable bonds is 4. The maximum atomic E-state index is 9.40. The van der Waals surface area contributed by atoms with Gasteiger partial charge in [0.15, 0.2) is 0 Å². The molecule has 0 bridgehead atoms. The van der Waals surface area contributed by atoms with Crippen LogP contribution in [0, 0.1) is 0 Å². The predicted molar refractivity (Wildman–Crippen MR) is 81.4 cm³/mol. The van der Waals surface area contributed by atoms with Crippen LogP contribution in [-0.4, -0.2) is 17.1 Å². The lowest BCUT2D eigenvalue weighted by Crippen LogP contribution is -2.19. The van der Waals surface area contributed by atoms with Crippen LogP contribution in [0.25, 0.3) is 0 Å². The third-order valence-corrected chi connectivity index (χ3v) is 3.61. The fourth-order valence-corrected chi connectivity index (χ4v) is 2.47. The number of hydrogen-bond acceptors (Lipinski definition) is 3. The summed E-state index contributed by atoms with van der Waals surface area (Å²) in [7, 11) is 1.93. The number of halogens is 2. The van der Waals surface area contributed by atoms with E-state index in [4.69, 9.17) is 11.6 Å².